The van der Waals surface area contributed by atoms with Crippen molar-refractivity contribution in [2.24, 2.45) is 4.99 Å². The molecule has 0 unspecified atom stereocenters. The standard InChI is InChI=1S/C13H18BrN5O2S.HI/c1-15-12(18(2)8-9-3-4-10(14)22-9)16-5-6-19-11(20)7-17-13(19)21;/h3-4H,5-8H2,1-2H3,(H,15,16)(H,17,21);1H. The van der Waals surface area contributed by atoms with Crippen molar-refractivity contribution < 1.29 is 9.59 Å². The number of urea groups is 1. The molecular formula is C13H19BrIN5O2S. The van der Waals surface area contributed by atoms with Crippen molar-refractivity contribution in [1.29, 1.82) is 0 Å². The van der Waals surface area contributed by atoms with Crippen molar-refractivity contribution in [2.75, 3.05) is 33.7 Å². The van der Waals surface area contributed by atoms with E-state index >= 15 is 0 Å². The fraction of sp³-hybridized carbons (Fsp3) is 0.462. The molecule has 3 amide bonds. The molecule has 2 N–H and O–H groups in total. The first-order chi connectivity index (χ1) is 10.5. The van der Waals surface area contributed by atoms with Crippen LogP contribution in [0.5, 0.6) is 0 Å². The Balaban J connectivity index is 0.00000264. The zero-order chi connectivity index (χ0) is 16.1. The van der Waals surface area contributed by atoms with Crippen molar-refractivity contribution in [1.82, 2.24) is 20.4 Å². The molecule has 2 heterocycles. The predicted molar refractivity (Wildman–Crippen MR) is 105 cm³/mol. The lowest BCUT2D eigenvalue weighted by molar-refractivity contribution is -0.124. The van der Waals surface area contributed by atoms with Gasteiger partial charge in [-0.3, -0.25) is 14.7 Å². The molecule has 1 aliphatic heterocycles. The molecule has 0 aliphatic carbocycles. The highest BCUT2D eigenvalue weighted by atomic mass is 127. The van der Waals surface area contributed by atoms with E-state index in [4.69, 9.17) is 0 Å². The van der Waals surface area contributed by atoms with Crippen molar-refractivity contribution in [3.8, 4) is 0 Å². The van der Waals surface area contributed by atoms with E-state index in [1.54, 1.807) is 18.4 Å². The first-order valence-corrected chi connectivity index (χ1v) is 8.36. The molecule has 0 saturated carbocycles. The van der Waals surface area contributed by atoms with Gasteiger partial charge in [-0.15, -0.1) is 35.3 Å². The first kappa shape index (κ1) is 20.2. The normalized spacial score (nSPS) is 14.6. The topological polar surface area (TPSA) is 77.0 Å². The summed E-state index contributed by atoms with van der Waals surface area (Å²) in [4.78, 5) is 31.5. The number of rotatable bonds is 5. The van der Waals surface area contributed by atoms with Crippen LogP contribution < -0.4 is 10.6 Å². The number of guanidine groups is 1. The SMILES string of the molecule is CN=C(NCCN1C(=O)CNC1=O)N(C)Cc1ccc(Br)s1.I. The van der Waals surface area contributed by atoms with Crippen LogP contribution in [0.4, 0.5) is 4.79 Å². The molecule has 0 atom stereocenters. The molecule has 1 fully saturated rings. The van der Waals surface area contributed by atoms with E-state index in [-0.39, 0.29) is 42.5 Å². The van der Waals surface area contributed by atoms with E-state index < -0.39 is 0 Å². The van der Waals surface area contributed by atoms with Crippen LogP contribution in [-0.4, -0.2) is 61.4 Å². The molecule has 1 aromatic rings. The number of hydrogen-bond acceptors (Lipinski definition) is 4. The van der Waals surface area contributed by atoms with Crippen LogP contribution in [0.25, 0.3) is 0 Å². The summed E-state index contributed by atoms with van der Waals surface area (Å²) in [6, 6.07) is 3.74. The minimum absolute atomic E-state index is 0. The maximum Gasteiger partial charge on any atom is 0.324 e. The van der Waals surface area contributed by atoms with Crippen LogP contribution >= 0.6 is 51.2 Å². The lowest BCUT2D eigenvalue weighted by atomic mass is 10.4. The van der Waals surface area contributed by atoms with Gasteiger partial charge in [0, 0.05) is 32.1 Å². The molecule has 0 aromatic carbocycles. The molecular weight excluding hydrogens is 497 g/mol. The van der Waals surface area contributed by atoms with E-state index in [1.165, 1.54) is 9.78 Å². The van der Waals surface area contributed by atoms with Gasteiger partial charge in [-0.05, 0) is 28.1 Å². The fourth-order valence-electron chi connectivity index (χ4n) is 2.09. The second-order valence-corrected chi connectivity index (χ2v) is 7.29. The van der Waals surface area contributed by atoms with Crippen LogP contribution in [0.1, 0.15) is 4.88 Å². The van der Waals surface area contributed by atoms with Crippen molar-refractivity contribution in [3.63, 3.8) is 0 Å². The van der Waals surface area contributed by atoms with E-state index in [9.17, 15) is 9.59 Å². The number of imide groups is 1. The highest BCUT2D eigenvalue weighted by Gasteiger charge is 2.27. The van der Waals surface area contributed by atoms with Gasteiger partial charge in [-0.25, -0.2) is 4.79 Å². The summed E-state index contributed by atoms with van der Waals surface area (Å²) in [5, 5.41) is 5.65. The number of nitrogens with zero attached hydrogens (tertiary/aromatic N) is 3. The Morgan fingerprint density at radius 1 is 1.52 bits per heavy atom. The van der Waals surface area contributed by atoms with Gasteiger partial charge < -0.3 is 15.5 Å². The van der Waals surface area contributed by atoms with Crippen LogP contribution in [-0.2, 0) is 11.3 Å². The zero-order valence-electron chi connectivity index (χ0n) is 12.8. The molecule has 10 heteroatoms. The number of carbonyl (C=O) groups excluding carboxylic acids is 2. The Labute approximate surface area is 164 Å². The number of hydrogen-bond donors (Lipinski definition) is 2. The zero-order valence-corrected chi connectivity index (χ0v) is 17.6. The highest BCUT2D eigenvalue weighted by molar-refractivity contribution is 14.0. The summed E-state index contributed by atoms with van der Waals surface area (Å²) in [7, 11) is 3.65. The Kier molecular flexibility index (Phi) is 8.26. The monoisotopic (exact) mass is 515 g/mol. The Hall–Kier alpha value is -0.880. The molecule has 0 bridgehead atoms. The third-order valence-corrected chi connectivity index (χ3v) is 4.76. The Morgan fingerprint density at radius 3 is 2.78 bits per heavy atom. The number of nitrogens with one attached hydrogen (secondary N) is 2. The molecule has 1 aromatic heterocycles. The number of carbonyl (C=O) groups is 2. The predicted octanol–water partition coefficient (Wildman–Crippen LogP) is 1.69. The summed E-state index contributed by atoms with van der Waals surface area (Å²) in [6.45, 7) is 1.60. The van der Waals surface area contributed by atoms with Crippen LogP contribution in [0.2, 0.25) is 0 Å². The molecule has 0 spiro atoms. The number of halogens is 2. The third-order valence-electron chi connectivity index (χ3n) is 3.15. The van der Waals surface area contributed by atoms with Crippen LogP contribution in [0, 0.1) is 0 Å². The third kappa shape index (κ3) is 5.60. The summed E-state index contributed by atoms with van der Waals surface area (Å²) >= 11 is 5.12. The molecule has 23 heavy (non-hydrogen) atoms. The van der Waals surface area contributed by atoms with Gasteiger partial charge in [0.25, 0.3) is 0 Å². The molecule has 2 rings (SSSR count). The molecule has 1 saturated heterocycles. The van der Waals surface area contributed by atoms with E-state index in [2.05, 4.69) is 37.6 Å². The number of thiophene rings is 1. The first-order valence-electron chi connectivity index (χ1n) is 6.75. The van der Waals surface area contributed by atoms with E-state index in [0.29, 0.717) is 13.1 Å². The van der Waals surface area contributed by atoms with Crippen LogP contribution in [0.15, 0.2) is 20.9 Å². The minimum atomic E-state index is -0.335. The van der Waals surface area contributed by atoms with Gasteiger partial charge in [-0.1, -0.05) is 0 Å². The van der Waals surface area contributed by atoms with Crippen molar-refractivity contribution >= 4 is 69.1 Å². The largest absolute Gasteiger partial charge is 0.354 e. The molecule has 7 nitrogen and oxygen atoms in total. The Bertz CT molecular complexity index is 579. The van der Waals surface area contributed by atoms with Gasteiger partial charge in [-0.2, -0.15) is 0 Å². The lowest BCUT2D eigenvalue weighted by Gasteiger charge is -2.22. The van der Waals surface area contributed by atoms with Gasteiger partial charge in [0.2, 0.25) is 5.91 Å². The summed E-state index contributed by atoms with van der Waals surface area (Å²) in [6.07, 6.45) is 0. The summed E-state index contributed by atoms with van der Waals surface area (Å²) in [5.74, 6) is 0.523. The highest BCUT2D eigenvalue weighted by Crippen LogP contribution is 2.22. The van der Waals surface area contributed by atoms with Crippen molar-refractivity contribution in [2.45, 2.75) is 6.54 Å². The van der Waals surface area contributed by atoms with E-state index in [1.807, 2.05) is 18.0 Å². The number of aliphatic imine (C=N–C) groups is 1. The lowest BCUT2D eigenvalue weighted by Crippen LogP contribution is -2.43. The maximum atomic E-state index is 11.5. The Morgan fingerprint density at radius 2 is 2.26 bits per heavy atom. The minimum Gasteiger partial charge on any atom is -0.354 e. The average molecular weight is 516 g/mol. The van der Waals surface area contributed by atoms with E-state index in [0.717, 1.165) is 16.3 Å². The molecule has 128 valence electrons. The van der Waals surface area contributed by atoms with Gasteiger partial charge in [0.1, 0.15) is 0 Å². The quantitative estimate of drug-likeness (QED) is 0.271. The van der Waals surface area contributed by atoms with Gasteiger partial charge >= 0.3 is 6.03 Å². The smallest absolute Gasteiger partial charge is 0.324 e. The summed E-state index contributed by atoms with van der Waals surface area (Å²) < 4.78 is 1.09. The van der Waals surface area contributed by atoms with Gasteiger partial charge in [0.15, 0.2) is 5.96 Å². The molecule has 0 radical (unpaired) electrons. The second-order valence-electron chi connectivity index (χ2n) is 4.74. The van der Waals surface area contributed by atoms with Crippen LogP contribution in [0.3, 0.4) is 0 Å². The maximum absolute atomic E-state index is 11.5. The fourth-order valence-corrected chi connectivity index (χ4v) is 3.63. The molecule has 1 aliphatic rings. The second kappa shape index (κ2) is 9.42. The number of amides is 3. The van der Waals surface area contributed by atoms with Crippen molar-refractivity contribution in [3.05, 3.63) is 20.8 Å². The van der Waals surface area contributed by atoms with Gasteiger partial charge in [0.05, 0.1) is 16.9 Å². The summed E-state index contributed by atoms with van der Waals surface area (Å²) in [5.41, 5.74) is 0. The average Bonchev–Trinajstić information content (AvgIpc) is 3.02.